The fraction of sp³-hybridized carbons (Fsp3) is 0.400. The molecule has 5 heteroatoms. The van der Waals surface area contributed by atoms with E-state index < -0.39 is 0 Å². The molecule has 1 aliphatic heterocycles. The van der Waals surface area contributed by atoms with Crippen molar-refractivity contribution in [1.82, 2.24) is 9.88 Å². The largest absolute Gasteiger partial charge is 0.444 e. The van der Waals surface area contributed by atoms with Gasteiger partial charge >= 0.3 is 0 Å². The van der Waals surface area contributed by atoms with Crippen LogP contribution in [0.2, 0.25) is 0 Å². The Morgan fingerprint density at radius 3 is 2.90 bits per heavy atom. The summed E-state index contributed by atoms with van der Waals surface area (Å²) in [5.41, 5.74) is 1.88. The number of aliphatic hydroxyl groups is 1. The molecule has 0 saturated carbocycles. The summed E-state index contributed by atoms with van der Waals surface area (Å²) >= 11 is 3.41. The van der Waals surface area contributed by atoms with Gasteiger partial charge < -0.3 is 9.52 Å². The lowest BCUT2D eigenvalue weighted by atomic mass is 10.1. The van der Waals surface area contributed by atoms with Gasteiger partial charge in [0.05, 0.1) is 11.8 Å². The van der Waals surface area contributed by atoms with E-state index in [1.54, 1.807) is 6.26 Å². The highest BCUT2D eigenvalue weighted by Crippen LogP contribution is 2.22. The van der Waals surface area contributed by atoms with Crippen molar-refractivity contribution in [3.63, 3.8) is 0 Å². The van der Waals surface area contributed by atoms with E-state index in [1.807, 2.05) is 24.3 Å². The summed E-state index contributed by atoms with van der Waals surface area (Å²) in [6.45, 7) is 2.47. The number of nitrogens with zero attached hydrogens (tertiary/aromatic N) is 2. The van der Waals surface area contributed by atoms with Crippen molar-refractivity contribution in [2.24, 2.45) is 0 Å². The van der Waals surface area contributed by atoms with Gasteiger partial charge in [-0.3, -0.25) is 4.90 Å². The van der Waals surface area contributed by atoms with Crippen molar-refractivity contribution in [2.75, 3.05) is 13.1 Å². The summed E-state index contributed by atoms with van der Waals surface area (Å²) in [4.78, 5) is 6.74. The Balaban J connectivity index is 1.69. The minimum Gasteiger partial charge on any atom is -0.444 e. The van der Waals surface area contributed by atoms with Gasteiger partial charge in [0.2, 0.25) is 5.89 Å². The van der Waals surface area contributed by atoms with Gasteiger partial charge in [0, 0.05) is 23.1 Å². The second-order valence-corrected chi connectivity index (χ2v) is 6.10. The highest BCUT2D eigenvalue weighted by Gasteiger charge is 2.19. The van der Waals surface area contributed by atoms with Crippen molar-refractivity contribution in [1.29, 1.82) is 0 Å². The Labute approximate surface area is 126 Å². The maximum Gasteiger partial charge on any atom is 0.226 e. The number of aliphatic hydroxyl groups excluding tert-OH is 1. The van der Waals surface area contributed by atoms with Crippen LogP contribution in [0.25, 0.3) is 11.5 Å². The molecule has 2 heterocycles. The van der Waals surface area contributed by atoms with E-state index in [9.17, 15) is 5.11 Å². The van der Waals surface area contributed by atoms with Crippen molar-refractivity contribution >= 4 is 15.9 Å². The SMILES string of the molecule is OC1CCCN(Cc2coc(-c3ccc(Br)cc3)n2)C1. The molecule has 1 unspecified atom stereocenters. The average Bonchev–Trinajstić information content (AvgIpc) is 2.88. The van der Waals surface area contributed by atoms with Crippen LogP contribution in [0.15, 0.2) is 39.4 Å². The van der Waals surface area contributed by atoms with Gasteiger partial charge in [-0.1, -0.05) is 15.9 Å². The lowest BCUT2D eigenvalue weighted by Crippen LogP contribution is -2.37. The van der Waals surface area contributed by atoms with Crippen LogP contribution in [0.3, 0.4) is 0 Å². The van der Waals surface area contributed by atoms with Crippen LogP contribution >= 0.6 is 15.9 Å². The molecule has 1 aromatic carbocycles. The number of piperidine rings is 1. The van der Waals surface area contributed by atoms with Gasteiger partial charge in [-0.25, -0.2) is 4.98 Å². The summed E-state index contributed by atoms with van der Waals surface area (Å²) < 4.78 is 6.58. The molecule has 0 bridgehead atoms. The predicted octanol–water partition coefficient (Wildman–Crippen LogP) is 3.06. The summed E-state index contributed by atoms with van der Waals surface area (Å²) in [6, 6.07) is 7.90. The molecule has 0 spiro atoms. The molecule has 1 saturated heterocycles. The predicted molar refractivity (Wildman–Crippen MR) is 80.2 cm³/mol. The zero-order valence-corrected chi connectivity index (χ0v) is 12.7. The van der Waals surface area contributed by atoms with Gasteiger partial charge in [-0.2, -0.15) is 0 Å². The minimum absolute atomic E-state index is 0.207. The molecule has 0 radical (unpaired) electrons. The number of hydrogen-bond donors (Lipinski definition) is 1. The van der Waals surface area contributed by atoms with Crippen LogP contribution in [0.5, 0.6) is 0 Å². The van der Waals surface area contributed by atoms with Gasteiger partial charge in [0.25, 0.3) is 0 Å². The van der Waals surface area contributed by atoms with Crippen LogP contribution < -0.4 is 0 Å². The number of likely N-dealkylation sites (tertiary alicyclic amines) is 1. The Hall–Kier alpha value is -1.17. The third kappa shape index (κ3) is 3.29. The summed E-state index contributed by atoms with van der Waals surface area (Å²) in [7, 11) is 0. The molecule has 106 valence electrons. The smallest absolute Gasteiger partial charge is 0.226 e. The van der Waals surface area contributed by atoms with Crippen LogP contribution in [0.1, 0.15) is 18.5 Å². The maximum absolute atomic E-state index is 9.68. The lowest BCUT2D eigenvalue weighted by Gasteiger charge is -2.29. The van der Waals surface area contributed by atoms with Crippen LogP contribution in [0, 0.1) is 0 Å². The van der Waals surface area contributed by atoms with Gasteiger partial charge in [-0.05, 0) is 43.7 Å². The molecule has 0 amide bonds. The Morgan fingerprint density at radius 1 is 1.35 bits per heavy atom. The van der Waals surface area contributed by atoms with Crippen molar-refractivity contribution in [2.45, 2.75) is 25.5 Å². The summed E-state index contributed by atoms with van der Waals surface area (Å²) in [5, 5.41) is 9.68. The number of halogens is 1. The van der Waals surface area contributed by atoms with Gasteiger partial charge in [0.1, 0.15) is 6.26 Å². The highest BCUT2D eigenvalue weighted by molar-refractivity contribution is 9.10. The molecule has 1 fully saturated rings. The van der Waals surface area contributed by atoms with E-state index in [0.717, 1.165) is 48.2 Å². The second kappa shape index (κ2) is 6.08. The summed E-state index contributed by atoms with van der Waals surface area (Å²) in [5.74, 6) is 0.644. The molecule has 2 aromatic rings. The van der Waals surface area contributed by atoms with E-state index in [1.165, 1.54) is 0 Å². The molecule has 20 heavy (non-hydrogen) atoms. The first-order chi connectivity index (χ1) is 9.70. The molecule has 1 aliphatic rings. The maximum atomic E-state index is 9.68. The van der Waals surface area contributed by atoms with E-state index in [0.29, 0.717) is 5.89 Å². The number of aromatic nitrogens is 1. The number of rotatable bonds is 3. The van der Waals surface area contributed by atoms with Gasteiger partial charge in [-0.15, -0.1) is 0 Å². The van der Waals surface area contributed by atoms with Crippen molar-refractivity contribution < 1.29 is 9.52 Å². The normalized spacial score (nSPS) is 20.2. The van der Waals surface area contributed by atoms with Crippen LogP contribution in [0.4, 0.5) is 0 Å². The third-order valence-electron chi connectivity index (χ3n) is 3.51. The molecule has 0 aliphatic carbocycles. The molecule has 4 nitrogen and oxygen atoms in total. The Kier molecular flexibility index (Phi) is 4.19. The van der Waals surface area contributed by atoms with E-state index in [4.69, 9.17) is 4.42 Å². The monoisotopic (exact) mass is 336 g/mol. The first-order valence-corrected chi connectivity index (χ1v) is 7.61. The first-order valence-electron chi connectivity index (χ1n) is 6.81. The molecular weight excluding hydrogens is 320 g/mol. The average molecular weight is 337 g/mol. The molecule has 1 N–H and O–H groups in total. The topological polar surface area (TPSA) is 49.5 Å². The third-order valence-corrected chi connectivity index (χ3v) is 4.04. The zero-order valence-electron chi connectivity index (χ0n) is 11.1. The van der Waals surface area contributed by atoms with Crippen molar-refractivity contribution in [3.05, 3.63) is 40.7 Å². The number of hydrogen-bond acceptors (Lipinski definition) is 4. The first kappa shape index (κ1) is 13.8. The fourth-order valence-corrected chi connectivity index (χ4v) is 2.77. The minimum atomic E-state index is -0.207. The van der Waals surface area contributed by atoms with E-state index >= 15 is 0 Å². The lowest BCUT2D eigenvalue weighted by molar-refractivity contribution is 0.0662. The number of β-amino-alcohol motifs (C(OH)–C–C–N with tert-alkyl or cyclic N) is 1. The quantitative estimate of drug-likeness (QED) is 0.935. The molecule has 1 atom stereocenters. The standard InChI is InChI=1S/C15H17BrN2O2/c16-12-5-3-11(4-6-12)15-17-13(10-20-15)8-18-7-1-2-14(19)9-18/h3-6,10,14,19H,1-2,7-9H2. The Bertz CT molecular complexity index is 568. The van der Waals surface area contributed by atoms with Gasteiger partial charge in [0.15, 0.2) is 0 Å². The summed E-state index contributed by atoms with van der Waals surface area (Å²) in [6.07, 6.45) is 3.44. The number of benzene rings is 1. The molecule has 1 aromatic heterocycles. The molecular formula is C15H17BrN2O2. The van der Waals surface area contributed by atoms with Crippen LogP contribution in [-0.4, -0.2) is 34.2 Å². The van der Waals surface area contributed by atoms with Crippen molar-refractivity contribution in [3.8, 4) is 11.5 Å². The Morgan fingerprint density at radius 2 is 2.15 bits per heavy atom. The fourth-order valence-electron chi connectivity index (χ4n) is 2.51. The number of oxazole rings is 1. The second-order valence-electron chi connectivity index (χ2n) is 5.18. The van der Waals surface area contributed by atoms with E-state index in [-0.39, 0.29) is 6.10 Å². The van der Waals surface area contributed by atoms with Crippen LogP contribution in [-0.2, 0) is 6.54 Å². The highest BCUT2D eigenvalue weighted by atomic mass is 79.9. The molecule has 3 rings (SSSR count). The zero-order chi connectivity index (χ0) is 13.9. The van der Waals surface area contributed by atoms with E-state index in [2.05, 4.69) is 25.8 Å².